The van der Waals surface area contributed by atoms with Crippen molar-refractivity contribution < 1.29 is 4.74 Å². The van der Waals surface area contributed by atoms with Crippen LogP contribution in [-0.2, 0) is 0 Å². The number of benzene rings is 2. The lowest BCUT2D eigenvalue weighted by Gasteiger charge is -2.17. The third kappa shape index (κ3) is 3.97. The maximum atomic E-state index is 5.95. The van der Waals surface area contributed by atoms with Crippen LogP contribution in [0.1, 0.15) is 26.7 Å². The average Bonchev–Trinajstić information content (AvgIpc) is 2.51. The molecular weight excluding hydrogens is 246 g/mol. The summed E-state index contributed by atoms with van der Waals surface area (Å²) in [5.74, 6) is 1.01. The standard InChI is InChI=1S/C18H25NO/c1-3-19(4-2)14-7-8-15-20-18-13-9-11-16-10-5-6-12-17(16)18/h5-6,9-13H,3-4,7-8,14-15H2,1-2H3. The van der Waals surface area contributed by atoms with Gasteiger partial charge in [-0.3, -0.25) is 0 Å². The minimum Gasteiger partial charge on any atom is -0.493 e. The van der Waals surface area contributed by atoms with Crippen molar-refractivity contribution in [1.29, 1.82) is 0 Å². The molecule has 2 rings (SSSR count). The fourth-order valence-corrected chi connectivity index (χ4v) is 2.48. The summed E-state index contributed by atoms with van der Waals surface area (Å²) in [4.78, 5) is 2.46. The first kappa shape index (κ1) is 14.9. The van der Waals surface area contributed by atoms with E-state index in [0.717, 1.165) is 31.9 Å². The molecule has 0 spiro atoms. The van der Waals surface area contributed by atoms with E-state index >= 15 is 0 Å². The van der Waals surface area contributed by atoms with Crippen molar-refractivity contribution in [2.75, 3.05) is 26.2 Å². The van der Waals surface area contributed by atoms with Crippen LogP contribution in [0.3, 0.4) is 0 Å². The summed E-state index contributed by atoms with van der Waals surface area (Å²) in [6, 6.07) is 14.6. The van der Waals surface area contributed by atoms with Crippen LogP contribution in [0, 0.1) is 0 Å². The third-order valence-corrected chi connectivity index (χ3v) is 3.77. The number of rotatable bonds is 8. The minimum atomic E-state index is 0.801. The van der Waals surface area contributed by atoms with Crippen molar-refractivity contribution in [2.24, 2.45) is 0 Å². The van der Waals surface area contributed by atoms with E-state index in [1.54, 1.807) is 0 Å². The quantitative estimate of drug-likeness (QED) is 0.662. The van der Waals surface area contributed by atoms with Crippen molar-refractivity contribution in [2.45, 2.75) is 26.7 Å². The second-order valence-electron chi connectivity index (χ2n) is 5.06. The number of hydrogen-bond donors (Lipinski definition) is 0. The van der Waals surface area contributed by atoms with Gasteiger partial charge in [0.15, 0.2) is 0 Å². The van der Waals surface area contributed by atoms with Gasteiger partial charge < -0.3 is 9.64 Å². The van der Waals surface area contributed by atoms with Crippen LogP contribution < -0.4 is 4.74 Å². The molecule has 0 radical (unpaired) electrons. The molecule has 0 saturated carbocycles. The Morgan fingerprint density at radius 1 is 0.900 bits per heavy atom. The van der Waals surface area contributed by atoms with Gasteiger partial charge in [0.1, 0.15) is 5.75 Å². The minimum absolute atomic E-state index is 0.801. The van der Waals surface area contributed by atoms with Crippen LogP contribution in [-0.4, -0.2) is 31.1 Å². The summed E-state index contributed by atoms with van der Waals surface area (Å²) in [6.07, 6.45) is 2.31. The molecule has 0 atom stereocenters. The maximum absolute atomic E-state index is 5.95. The monoisotopic (exact) mass is 271 g/mol. The molecule has 0 amide bonds. The highest BCUT2D eigenvalue weighted by molar-refractivity contribution is 5.88. The highest BCUT2D eigenvalue weighted by Gasteiger charge is 2.02. The van der Waals surface area contributed by atoms with Gasteiger partial charge in [-0.1, -0.05) is 50.2 Å². The van der Waals surface area contributed by atoms with Gasteiger partial charge in [-0.15, -0.1) is 0 Å². The Morgan fingerprint density at radius 2 is 1.65 bits per heavy atom. The Morgan fingerprint density at radius 3 is 2.45 bits per heavy atom. The molecule has 0 aromatic heterocycles. The van der Waals surface area contributed by atoms with Gasteiger partial charge in [-0.05, 0) is 43.9 Å². The predicted octanol–water partition coefficient (Wildman–Crippen LogP) is 4.34. The molecule has 0 heterocycles. The van der Waals surface area contributed by atoms with Crippen molar-refractivity contribution in [3.05, 3.63) is 42.5 Å². The Kier molecular flexibility index (Phi) is 5.87. The van der Waals surface area contributed by atoms with E-state index in [4.69, 9.17) is 4.74 Å². The lowest BCUT2D eigenvalue weighted by molar-refractivity contribution is 0.267. The first-order valence-corrected chi connectivity index (χ1v) is 7.68. The van der Waals surface area contributed by atoms with Crippen molar-refractivity contribution in [1.82, 2.24) is 4.90 Å². The molecule has 108 valence electrons. The summed E-state index contributed by atoms with van der Waals surface area (Å²) in [5, 5.41) is 2.45. The summed E-state index contributed by atoms with van der Waals surface area (Å²) < 4.78 is 5.95. The summed E-state index contributed by atoms with van der Waals surface area (Å²) >= 11 is 0. The van der Waals surface area contributed by atoms with Gasteiger partial charge in [-0.25, -0.2) is 0 Å². The highest BCUT2D eigenvalue weighted by Crippen LogP contribution is 2.25. The first-order chi connectivity index (χ1) is 9.85. The van der Waals surface area contributed by atoms with E-state index in [1.165, 1.54) is 23.7 Å². The van der Waals surface area contributed by atoms with E-state index in [9.17, 15) is 0 Å². The molecule has 2 nitrogen and oxygen atoms in total. The van der Waals surface area contributed by atoms with Crippen molar-refractivity contribution in [3.8, 4) is 5.75 Å². The zero-order valence-corrected chi connectivity index (χ0v) is 12.6. The second-order valence-corrected chi connectivity index (χ2v) is 5.06. The molecular formula is C18H25NO. The molecule has 0 N–H and O–H groups in total. The normalized spacial score (nSPS) is 11.2. The van der Waals surface area contributed by atoms with Crippen LogP contribution in [0.2, 0.25) is 0 Å². The molecule has 0 fully saturated rings. The van der Waals surface area contributed by atoms with Crippen molar-refractivity contribution in [3.63, 3.8) is 0 Å². The number of hydrogen-bond acceptors (Lipinski definition) is 2. The molecule has 0 bridgehead atoms. The number of nitrogens with zero attached hydrogens (tertiary/aromatic N) is 1. The van der Waals surface area contributed by atoms with E-state index in [0.29, 0.717) is 0 Å². The van der Waals surface area contributed by atoms with E-state index in [2.05, 4.69) is 61.2 Å². The second kappa shape index (κ2) is 7.91. The fourth-order valence-electron chi connectivity index (χ4n) is 2.48. The number of ether oxygens (including phenoxy) is 1. The van der Waals surface area contributed by atoms with Gasteiger partial charge in [0.25, 0.3) is 0 Å². The first-order valence-electron chi connectivity index (χ1n) is 7.68. The van der Waals surface area contributed by atoms with Crippen molar-refractivity contribution >= 4 is 10.8 Å². The van der Waals surface area contributed by atoms with Gasteiger partial charge in [-0.2, -0.15) is 0 Å². The summed E-state index contributed by atoms with van der Waals surface area (Å²) in [7, 11) is 0. The molecule has 0 aliphatic heterocycles. The lowest BCUT2D eigenvalue weighted by Crippen LogP contribution is -2.24. The van der Waals surface area contributed by atoms with Gasteiger partial charge in [0, 0.05) is 5.39 Å². The maximum Gasteiger partial charge on any atom is 0.127 e. The molecule has 0 aliphatic carbocycles. The van der Waals surface area contributed by atoms with E-state index in [-0.39, 0.29) is 0 Å². The molecule has 0 unspecified atom stereocenters. The number of fused-ring (bicyclic) bond motifs is 1. The van der Waals surface area contributed by atoms with Crippen LogP contribution in [0.5, 0.6) is 5.75 Å². The molecule has 0 aliphatic rings. The van der Waals surface area contributed by atoms with Gasteiger partial charge in [0.2, 0.25) is 0 Å². The summed E-state index contributed by atoms with van der Waals surface area (Å²) in [6.45, 7) is 8.69. The Hall–Kier alpha value is -1.54. The van der Waals surface area contributed by atoms with Gasteiger partial charge in [0.05, 0.1) is 6.61 Å². The van der Waals surface area contributed by atoms with Crippen LogP contribution in [0.25, 0.3) is 10.8 Å². The van der Waals surface area contributed by atoms with Crippen LogP contribution in [0.4, 0.5) is 0 Å². The van der Waals surface area contributed by atoms with E-state index in [1.807, 2.05) is 0 Å². The van der Waals surface area contributed by atoms with Crippen LogP contribution in [0.15, 0.2) is 42.5 Å². The third-order valence-electron chi connectivity index (χ3n) is 3.77. The fraction of sp³-hybridized carbons (Fsp3) is 0.444. The largest absolute Gasteiger partial charge is 0.493 e. The number of unbranched alkanes of at least 4 members (excludes halogenated alkanes) is 1. The average molecular weight is 271 g/mol. The lowest BCUT2D eigenvalue weighted by atomic mass is 10.1. The molecule has 2 aromatic carbocycles. The Balaban J connectivity index is 1.81. The predicted molar refractivity (Wildman–Crippen MR) is 86.5 cm³/mol. The Bertz CT molecular complexity index is 514. The SMILES string of the molecule is CCN(CC)CCCCOc1cccc2ccccc12. The van der Waals surface area contributed by atoms with Crippen LogP contribution >= 0.6 is 0 Å². The zero-order chi connectivity index (χ0) is 14.2. The highest BCUT2D eigenvalue weighted by atomic mass is 16.5. The topological polar surface area (TPSA) is 12.5 Å². The molecule has 20 heavy (non-hydrogen) atoms. The Labute approximate surface area is 122 Å². The molecule has 2 heteroatoms. The van der Waals surface area contributed by atoms with E-state index < -0.39 is 0 Å². The molecule has 0 saturated heterocycles. The summed E-state index contributed by atoms with van der Waals surface area (Å²) in [5.41, 5.74) is 0. The molecule has 2 aromatic rings. The smallest absolute Gasteiger partial charge is 0.127 e. The zero-order valence-electron chi connectivity index (χ0n) is 12.6. The van der Waals surface area contributed by atoms with Gasteiger partial charge >= 0.3 is 0 Å².